The second-order valence-electron chi connectivity index (χ2n) is 7.46. The van der Waals surface area contributed by atoms with E-state index < -0.39 is 0 Å². The summed E-state index contributed by atoms with van der Waals surface area (Å²) in [6.45, 7) is 2.75. The highest BCUT2D eigenvalue weighted by Crippen LogP contribution is 2.40. The van der Waals surface area contributed by atoms with E-state index >= 15 is 0 Å². The standard InChI is InChI=1S/C21H33FN4O2.HI/c1-23-20(26-16-21(11-14-28-2)9-3-4-10-21)25-13-12-24-19(27)15-17-5-7-18(22)8-6-17;/h5-8H,3-4,9-16H2,1-2H3,(H,24,27)(H2,23,25,26);1H. The van der Waals surface area contributed by atoms with Crippen LogP contribution in [0.5, 0.6) is 0 Å². The Morgan fingerprint density at radius 3 is 2.41 bits per heavy atom. The summed E-state index contributed by atoms with van der Waals surface area (Å²) in [4.78, 5) is 16.2. The number of hydrogen-bond acceptors (Lipinski definition) is 3. The molecular formula is C21H34FIN4O2. The maximum absolute atomic E-state index is 12.9. The van der Waals surface area contributed by atoms with Gasteiger partial charge in [0.05, 0.1) is 6.42 Å². The number of carbonyl (C=O) groups is 1. The Kier molecular flexibility index (Phi) is 12.1. The molecule has 1 aliphatic carbocycles. The molecule has 29 heavy (non-hydrogen) atoms. The van der Waals surface area contributed by atoms with Crippen molar-refractivity contribution >= 4 is 35.8 Å². The van der Waals surface area contributed by atoms with Crippen molar-refractivity contribution in [3.8, 4) is 0 Å². The lowest BCUT2D eigenvalue weighted by atomic mass is 9.83. The third-order valence-corrected chi connectivity index (χ3v) is 5.37. The summed E-state index contributed by atoms with van der Waals surface area (Å²) in [6, 6.07) is 5.98. The second-order valence-corrected chi connectivity index (χ2v) is 7.46. The van der Waals surface area contributed by atoms with Gasteiger partial charge in [-0.3, -0.25) is 9.79 Å². The number of benzene rings is 1. The Hall–Kier alpha value is -1.42. The third-order valence-electron chi connectivity index (χ3n) is 5.37. The average molecular weight is 520 g/mol. The summed E-state index contributed by atoms with van der Waals surface area (Å²) in [7, 11) is 3.50. The molecule has 1 aliphatic rings. The summed E-state index contributed by atoms with van der Waals surface area (Å²) in [5.74, 6) is 0.367. The van der Waals surface area contributed by atoms with E-state index in [4.69, 9.17) is 4.74 Å². The number of hydrogen-bond donors (Lipinski definition) is 3. The van der Waals surface area contributed by atoms with E-state index in [1.165, 1.54) is 37.8 Å². The molecule has 0 radical (unpaired) electrons. The van der Waals surface area contributed by atoms with Gasteiger partial charge >= 0.3 is 0 Å². The molecule has 164 valence electrons. The SMILES string of the molecule is CN=C(NCCNC(=O)Cc1ccc(F)cc1)NCC1(CCOC)CCCC1.I. The van der Waals surface area contributed by atoms with Crippen molar-refractivity contribution in [3.63, 3.8) is 0 Å². The van der Waals surface area contributed by atoms with E-state index in [0.29, 0.717) is 13.1 Å². The Balaban J connectivity index is 0.00000420. The first-order chi connectivity index (χ1) is 13.6. The van der Waals surface area contributed by atoms with Gasteiger partial charge < -0.3 is 20.7 Å². The van der Waals surface area contributed by atoms with Crippen LogP contribution in [0.4, 0.5) is 4.39 Å². The molecule has 0 aliphatic heterocycles. The smallest absolute Gasteiger partial charge is 0.224 e. The summed E-state index contributed by atoms with van der Waals surface area (Å²) >= 11 is 0. The van der Waals surface area contributed by atoms with Crippen LogP contribution in [0.2, 0.25) is 0 Å². The van der Waals surface area contributed by atoms with Crippen LogP contribution in [0.15, 0.2) is 29.3 Å². The third kappa shape index (κ3) is 9.29. The zero-order chi connectivity index (χ0) is 20.2. The molecular weight excluding hydrogens is 486 g/mol. The topological polar surface area (TPSA) is 74.8 Å². The molecule has 0 unspecified atom stereocenters. The van der Waals surface area contributed by atoms with Crippen LogP contribution in [0, 0.1) is 11.2 Å². The molecule has 0 saturated heterocycles. The van der Waals surface area contributed by atoms with Gasteiger partial charge in [-0.1, -0.05) is 25.0 Å². The number of methoxy groups -OCH3 is 1. The van der Waals surface area contributed by atoms with Crippen molar-refractivity contribution in [1.82, 2.24) is 16.0 Å². The number of guanidine groups is 1. The van der Waals surface area contributed by atoms with E-state index in [9.17, 15) is 9.18 Å². The molecule has 0 aromatic heterocycles. The Labute approximate surface area is 190 Å². The number of ether oxygens (including phenoxy) is 1. The van der Waals surface area contributed by atoms with Gasteiger partial charge in [0.2, 0.25) is 5.91 Å². The zero-order valence-electron chi connectivity index (χ0n) is 17.4. The van der Waals surface area contributed by atoms with Crippen LogP contribution < -0.4 is 16.0 Å². The number of nitrogens with one attached hydrogen (secondary N) is 3. The molecule has 0 atom stereocenters. The van der Waals surface area contributed by atoms with Gasteiger partial charge in [0.25, 0.3) is 0 Å². The van der Waals surface area contributed by atoms with Crippen LogP contribution in [0.1, 0.15) is 37.7 Å². The predicted octanol–water partition coefficient (Wildman–Crippen LogP) is 2.86. The van der Waals surface area contributed by atoms with E-state index in [-0.39, 0.29) is 47.5 Å². The van der Waals surface area contributed by atoms with Crippen LogP contribution in [0.3, 0.4) is 0 Å². The van der Waals surface area contributed by atoms with Gasteiger partial charge in [0, 0.05) is 40.4 Å². The molecule has 1 amide bonds. The highest BCUT2D eigenvalue weighted by atomic mass is 127. The first-order valence-corrected chi connectivity index (χ1v) is 10.0. The van der Waals surface area contributed by atoms with E-state index in [2.05, 4.69) is 20.9 Å². The summed E-state index contributed by atoms with van der Waals surface area (Å²) in [6.07, 6.45) is 6.30. The Bertz CT molecular complexity index is 634. The molecule has 2 rings (SSSR count). The normalized spacial score (nSPS) is 15.5. The van der Waals surface area contributed by atoms with Crippen LogP contribution in [-0.4, -0.2) is 52.3 Å². The minimum absolute atomic E-state index is 0. The zero-order valence-corrected chi connectivity index (χ0v) is 19.8. The van der Waals surface area contributed by atoms with Crippen LogP contribution in [-0.2, 0) is 16.0 Å². The lowest BCUT2D eigenvalue weighted by Gasteiger charge is -2.30. The molecule has 8 heteroatoms. The molecule has 6 nitrogen and oxygen atoms in total. The summed E-state index contributed by atoms with van der Waals surface area (Å²) < 4.78 is 18.2. The quantitative estimate of drug-likeness (QED) is 0.192. The van der Waals surface area contributed by atoms with Gasteiger partial charge in [-0.2, -0.15) is 0 Å². The molecule has 0 bridgehead atoms. The van der Waals surface area contributed by atoms with Crippen molar-refractivity contribution in [2.75, 3.05) is 40.4 Å². The van der Waals surface area contributed by atoms with E-state index in [0.717, 1.165) is 31.1 Å². The maximum Gasteiger partial charge on any atom is 0.224 e. The molecule has 3 N–H and O–H groups in total. The minimum Gasteiger partial charge on any atom is -0.385 e. The average Bonchev–Trinajstić information content (AvgIpc) is 3.17. The molecule has 0 heterocycles. The largest absolute Gasteiger partial charge is 0.385 e. The Morgan fingerprint density at radius 1 is 1.14 bits per heavy atom. The number of nitrogens with zero attached hydrogens (tertiary/aromatic N) is 1. The van der Waals surface area contributed by atoms with Gasteiger partial charge in [-0.05, 0) is 42.4 Å². The fourth-order valence-corrected chi connectivity index (χ4v) is 3.68. The highest BCUT2D eigenvalue weighted by Gasteiger charge is 2.33. The van der Waals surface area contributed by atoms with E-state index in [1.54, 1.807) is 26.3 Å². The lowest BCUT2D eigenvalue weighted by molar-refractivity contribution is -0.120. The summed E-state index contributed by atoms with van der Waals surface area (Å²) in [5, 5.41) is 9.53. The van der Waals surface area contributed by atoms with Crippen molar-refractivity contribution < 1.29 is 13.9 Å². The molecule has 1 aromatic rings. The van der Waals surface area contributed by atoms with Gasteiger partial charge in [-0.15, -0.1) is 24.0 Å². The number of carbonyl (C=O) groups excluding carboxylic acids is 1. The van der Waals surface area contributed by atoms with Gasteiger partial charge in [-0.25, -0.2) is 4.39 Å². The fourth-order valence-electron chi connectivity index (χ4n) is 3.68. The predicted molar refractivity (Wildman–Crippen MR) is 125 cm³/mol. The molecule has 0 spiro atoms. The van der Waals surface area contributed by atoms with Crippen molar-refractivity contribution in [2.45, 2.75) is 38.5 Å². The van der Waals surface area contributed by atoms with Crippen molar-refractivity contribution in [3.05, 3.63) is 35.6 Å². The van der Waals surface area contributed by atoms with Gasteiger partial charge in [0.15, 0.2) is 5.96 Å². The monoisotopic (exact) mass is 520 g/mol. The lowest BCUT2D eigenvalue weighted by Crippen LogP contribution is -2.45. The second kappa shape index (κ2) is 13.7. The molecule has 1 fully saturated rings. The first kappa shape index (κ1) is 25.6. The first-order valence-electron chi connectivity index (χ1n) is 10.0. The number of amides is 1. The van der Waals surface area contributed by atoms with Crippen molar-refractivity contribution in [1.29, 1.82) is 0 Å². The van der Waals surface area contributed by atoms with Gasteiger partial charge in [0.1, 0.15) is 5.82 Å². The van der Waals surface area contributed by atoms with Crippen LogP contribution in [0.25, 0.3) is 0 Å². The molecule has 1 aromatic carbocycles. The van der Waals surface area contributed by atoms with Crippen LogP contribution >= 0.6 is 24.0 Å². The minimum atomic E-state index is -0.297. The van der Waals surface area contributed by atoms with E-state index in [1.807, 2.05) is 0 Å². The molecule has 1 saturated carbocycles. The Morgan fingerprint density at radius 2 is 1.79 bits per heavy atom. The summed E-state index contributed by atoms with van der Waals surface area (Å²) in [5.41, 5.74) is 1.08. The number of halogens is 2. The number of aliphatic imine (C=N–C) groups is 1. The van der Waals surface area contributed by atoms with Crippen molar-refractivity contribution in [2.24, 2.45) is 10.4 Å². The highest BCUT2D eigenvalue weighted by molar-refractivity contribution is 14.0. The maximum atomic E-state index is 12.9. The fraction of sp³-hybridized carbons (Fsp3) is 0.619. The number of rotatable bonds is 10.